The molecule has 2 heteroatoms. The van der Waals surface area contributed by atoms with Crippen molar-refractivity contribution in [3.05, 3.63) is 0 Å². The molecule has 2 nitrogen and oxygen atoms in total. The van der Waals surface area contributed by atoms with E-state index >= 15 is 0 Å². The third-order valence-electron chi connectivity index (χ3n) is 4.29. The van der Waals surface area contributed by atoms with E-state index < -0.39 is 0 Å². The Morgan fingerprint density at radius 1 is 1.22 bits per heavy atom. The number of rotatable bonds is 5. The van der Waals surface area contributed by atoms with E-state index in [0.717, 1.165) is 12.6 Å². The van der Waals surface area contributed by atoms with E-state index in [2.05, 4.69) is 44.8 Å². The van der Waals surface area contributed by atoms with Gasteiger partial charge in [-0.25, -0.2) is 0 Å². The van der Waals surface area contributed by atoms with Crippen LogP contribution in [0.15, 0.2) is 0 Å². The molecule has 0 bridgehead atoms. The Bertz CT molecular complexity index is 220. The van der Waals surface area contributed by atoms with E-state index in [-0.39, 0.29) is 0 Å². The normalized spacial score (nSPS) is 24.8. The molecular weight excluding hydrogens is 220 g/mol. The van der Waals surface area contributed by atoms with Crippen molar-refractivity contribution in [2.75, 3.05) is 19.6 Å². The summed E-state index contributed by atoms with van der Waals surface area (Å²) >= 11 is 0. The van der Waals surface area contributed by atoms with Gasteiger partial charge in [-0.3, -0.25) is 4.90 Å². The van der Waals surface area contributed by atoms with Crippen molar-refractivity contribution in [3.8, 4) is 0 Å². The number of hydrogen-bond donors (Lipinski definition) is 1. The van der Waals surface area contributed by atoms with Crippen molar-refractivity contribution in [2.45, 2.75) is 78.8 Å². The van der Waals surface area contributed by atoms with Gasteiger partial charge in [0.2, 0.25) is 0 Å². The maximum absolute atomic E-state index is 3.76. The van der Waals surface area contributed by atoms with E-state index in [0.29, 0.717) is 11.5 Å². The highest BCUT2D eigenvalue weighted by Gasteiger charge is 2.28. The molecule has 108 valence electrons. The fourth-order valence-electron chi connectivity index (χ4n) is 2.80. The van der Waals surface area contributed by atoms with Crippen LogP contribution in [0.5, 0.6) is 0 Å². The summed E-state index contributed by atoms with van der Waals surface area (Å²) in [4.78, 5) is 2.71. The fourth-order valence-corrected chi connectivity index (χ4v) is 2.80. The van der Waals surface area contributed by atoms with Gasteiger partial charge >= 0.3 is 0 Å². The van der Waals surface area contributed by atoms with Crippen molar-refractivity contribution in [3.63, 3.8) is 0 Å². The highest BCUT2D eigenvalue weighted by Crippen LogP contribution is 2.23. The summed E-state index contributed by atoms with van der Waals surface area (Å²) in [7, 11) is 0. The molecule has 0 aromatic heterocycles. The minimum Gasteiger partial charge on any atom is -0.312 e. The van der Waals surface area contributed by atoms with Gasteiger partial charge in [-0.05, 0) is 44.7 Å². The second kappa shape index (κ2) is 7.49. The Hall–Kier alpha value is -0.0800. The predicted octanol–water partition coefficient (Wildman–Crippen LogP) is 3.67. The Labute approximate surface area is 115 Å². The van der Waals surface area contributed by atoms with Crippen molar-refractivity contribution in [1.82, 2.24) is 10.2 Å². The maximum Gasteiger partial charge on any atom is 0.0243 e. The van der Waals surface area contributed by atoms with E-state index in [1.165, 1.54) is 45.2 Å². The average molecular weight is 254 g/mol. The molecule has 0 radical (unpaired) electrons. The monoisotopic (exact) mass is 254 g/mol. The lowest BCUT2D eigenvalue weighted by Crippen LogP contribution is -2.50. The SMILES string of the molecule is CCCNC(CN1CCCCCC1C)C(C)(C)C. The van der Waals surface area contributed by atoms with E-state index in [1.54, 1.807) is 0 Å². The third-order valence-corrected chi connectivity index (χ3v) is 4.29. The van der Waals surface area contributed by atoms with Gasteiger partial charge in [-0.1, -0.05) is 40.5 Å². The van der Waals surface area contributed by atoms with Crippen molar-refractivity contribution in [2.24, 2.45) is 5.41 Å². The first-order valence-electron chi connectivity index (χ1n) is 7.92. The Balaban J connectivity index is 2.57. The molecule has 0 saturated carbocycles. The molecule has 1 heterocycles. The molecule has 2 unspecified atom stereocenters. The summed E-state index contributed by atoms with van der Waals surface area (Å²) in [6, 6.07) is 1.37. The second-order valence-electron chi connectivity index (χ2n) is 7.07. The van der Waals surface area contributed by atoms with Crippen LogP contribution in [0.3, 0.4) is 0 Å². The van der Waals surface area contributed by atoms with Crippen molar-refractivity contribution < 1.29 is 0 Å². The number of nitrogens with one attached hydrogen (secondary N) is 1. The lowest BCUT2D eigenvalue weighted by molar-refractivity contribution is 0.142. The summed E-state index contributed by atoms with van der Waals surface area (Å²) < 4.78 is 0. The van der Waals surface area contributed by atoms with Crippen LogP contribution in [0.4, 0.5) is 0 Å². The molecule has 1 aliphatic rings. The van der Waals surface area contributed by atoms with Gasteiger partial charge in [0.15, 0.2) is 0 Å². The van der Waals surface area contributed by atoms with Crippen LogP contribution in [0.2, 0.25) is 0 Å². The zero-order valence-electron chi connectivity index (χ0n) is 13.3. The summed E-state index contributed by atoms with van der Waals surface area (Å²) in [5.41, 5.74) is 0.348. The van der Waals surface area contributed by atoms with Crippen LogP contribution < -0.4 is 5.32 Å². The number of nitrogens with zero attached hydrogens (tertiary/aromatic N) is 1. The molecule has 1 fully saturated rings. The Morgan fingerprint density at radius 2 is 1.94 bits per heavy atom. The van der Waals surface area contributed by atoms with Crippen LogP contribution in [0, 0.1) is 5.41 Å². The maximum atomic E-state index is 3.76. The Morgan fingerprint density at radius 3 is 2.56 bits per heavy atom. The molecule has 0 aliphatic carbocycles. The van der Waals surface area contributed by atoms with Crippen LogP contribution in [-0.2, 0) is 0 Å². The van der Waals surface area contributed by atoms with Gasteiger partial charge in [-0.15, -0.1) is 0 Å². The highest BCUT2D eigenvalue weighted by atomic mass is 15.2. The first-order valence-corrected chi connectivity index (χ1v) is 7.92. The smallest absolute Gasteiger partial charge is 0.0243 e. The first kappa shape index (κ1) is 16.0. The van der Waals surface area contributed by atoms with Gasteiger partial charge in [0, 0.05) is 18.6 Å². The van der Waals surface area contributed by atoms with E-state index in [4.69, 9.17) is 0 Å². The summed E-state index contributed by atoms with van der Waals surface area (Å²) in [5, 5.41) is 3.76. The highest BCUT2D eigenvalue weighted by molar-refractivity contribution is 4.85. The number of likely N-dealkylation sites (tertiary alicyclic amines) is 1. The lowest BCUT2D eigenvalue weighted by Gasteiger charge is -2.38. The predicted molar refractivity (Wildman–Crippen MR) is 81.0 cm³/mol. The van der Waals surface area contributed by atoms with Gasteiger partial charge in [0.1, 0.15) is 0 Å². The zero-order valence-corrected chi connectivity index (χ0v) is 13.3. The summed E-state index contributed by atoms with van der Waals surface area (Å²) in [6.45, 7) is 15.4. The van der Waals surface area contributed by atoms with Gasteiger partial charge in [0.05, 0.1) is 0 Å². The second-order valence-corrected chi connectivity index (χ2v) is 7.07. The summed E-state index contributed by atoms with van der Waals surface area (Å²) in [6.07, 6.45) is 6.82. The molecule has 1 rings (SSSR count). The number of hydrogen-bond acceptors (Lipinski definition) is 2. The van der Waals surface area contributed by atoms with Crippen LogP contribution in [0.1, 0.15) is 66.7 Å². The molecule has 0 spiro atoms. The molecular formula is C16H34N2. The van der Waals surface area contributed by atoms with Gasteiger partial charge in [-0.2, -0.15) is 0 Å². The first-order chi connectivity index (χ1) is 8.45. The zero-order chi connectivity index (χ0) is 13.6. The van der Waals surface area contributed by atoms with Gasteiger partial charge < -0.3 is 5.32 Å². The topological polar surface area (TPSA) is 15.3 Å². The molecule has 0 aromatic carbocycles. The van der Waals surface area contributed by atoms with Crippen LogP contribution in [0.25, 0.3) is 0 Å². The molecule has 1 aliphatic heterocycles. The fraction of sp³-hybridized carbons (Fsp3) is 1.00. The minimum absolute atomic E-state index is 0.348. The van der Waals surface area contributed by atoms with Crippen molar-refractivity contribution >= 4 is 0 Å². The Kier molecular flexibility index (Phi) is 6.65. The minimum atomic E-state index is 0.348. The average Bonchev–Trinajstić information content (AvgIpc) is 2.48. The standard InChI is InChI=1S/C16H34N2/c1-6-11-17-15(16(3,4)5)13-18-12-9-7-8-10-14(18)2/h14-15,17H,6-13H2,1-5H3. The van der Waals surface area contributed by atoms with Gasteiger partial charge in [0.25, 0.3) is 0 Å². The van der Waals surface area contributed by atoms with Crippen LogP contribution in [-0.4, -0.2) is 36.6 Å². The molecule has 1 saturated heterocycles. The molecule has 18 heavy (non-hydrogen) atoms. The third kappa shape index (κ3) is 5.27. The van der Waals surface area contributed by atoms with Crippen molar-refractivity contribution in [1.29, 1.82) is 0 Å². The largest absolute Gasteiger partial charge is 0.312 e. The molecule has 1 N–H and O–H groups in total. The quantitative estimate of drug-likeness (QED) is 0.805. The molecule has 0 amide bonds. The van der Waals surface area contributed by atoms with Crippen LogP contribution >= 0.6 is 0 Å². The molecule has 2 atom stereocenters. The summed E-state index contributed by atoms with van der Waals surface area (Å²) in [5.74, 6) is 0. The lowest BCUT2D eigenvalue weighted by atomic mass is 9.86. The van der Waals surface area contributed by atoms with E-state index in [9.17, 15) is 0 Å². The molecule has 0 aromatic rings. The van der Waals surface area contributed by atoms with E-state index in [1.807, 2.05) is 0 Å².